The molecule has 0 aromatic rings. The van der Waals surface area contributed by atoms with E-state index in [2.05, 4.69) is 51.7 Å². The topological polar surface area (TPSA) is 9.23 Å². The Morgan fingerprint density at radius 2 is 1.70 bits per heavy atom. The van der Waals surface area contributed by atoms with Crippen molar-refractivity contribution in [2.45, 2.75) is 91.1 Å². The maximum absolute atomic E-state index is 5.68. The van der Waals surface area contributed by atoms with Crippen LogP contribution < -0.4 is 0 Å². The second kappa shape index (κ2) is 13.3. The summed E-state index contributed by atoms with van der Waals surface area (Å²) in [6.07, 6.45) is 15.2. The summed E-state index contributed by atoms with van der Waals surface area (Å²) < 4.78 is 5.68. The molecule has 0 aliphatic rings. The highest BCUT2D eigenvalue weighted by molar-refractivity contribution is 5.04. The van der Waals surface area contributed by atoms with Crippen LogP contribution >= 0.6 is 0 Å². The van der Waals surface area contributed by atoms with Gasteiger partial charge in [-0.25, -0.2) is 0 Å². The van der Waals surface area contributed by atoms with Crippen molar-refractivity contribution >= 4 is 0 Å². The van der Waals surface area contributed by atoms with Crippen LogP contribution in [0.5, 0.6) is 0 Å². The Bertz CT molecular complexity index is 285. The van der Waals surface area contributed by atoms with Gasteiger partial charge in [0.15, 0.2) is 0 Å². The minimum atomic E-state index is 0.00324. The number of rotatable bonds is 10. The third-order valence-electron chi connectivity index (χ3n) is 2.97. The van der Waals surface area contributed by atoms with Gasteiger partial charge in [0, 0.05) is 19.4 Å². The fraction of sp³-hybridized carbons (Fsp3) is 0.789. The highest BCUT2D eigenvalue weighted by Crippen LogP contribution is 2.08. The first-order chi connectivity index (χ1) is 9.56. The van der Waals surface area contributed by atoms with Crippen molar-refractivity contribution in [1.29, 1.82) is 0 Å². The molecule has 1 nitrogen and oxygen atoms in total. The molecule has 116 valence electrons. The molecular weight excluding hydrogens is 244 g/mol. The molecule has 20 heavy (non-hydrogen) atoms. The average molecular weight is 278 g/mol. The molecule has 0 atom stereocenters. The van der Waals surface area contributed by atoms with Crippen LogP contribution in [0, 0.1) is 11.8 Å². The van der Waals surface area contributed by atoms with E-state index < -0.39 is 0 Å². The summed E-state index contributed by atoms with van der Waals surface area (Å²) in [6.45, 7) is 9.43. The number of hydrogen-bond acceptors (Lipinski definition) is 1. The van der Waals surface area contributed by atoms with Crippen molar-refractivity contribution in [3.63, 3.8) is 0 Å². The van der Waals surface area contributed by atoms with Crippen LogP contribution in [0.1, 0.15) is 85.5 Å². The molecule has 1 heteroatoms. The molecule has 0 fully saturated rings. The second-order valence-electron chi connectivity index (χ2n) is 6.30. The number of hydrogen-bond donors (Lipinski definition) is 0. The van der Waals surface area contributed by atoms with Gasteiger partial charge in [-0.3, -0.25) is 0 Å². The van der Waals surface area contributed by atoms with Crippen LogP contribution in [0.4, 0.5) is 0 Å². The maximum atomic E-state index is 5.68. The molecule has 0 amide bonds. The molecule has 0 saturated heterocycles. The van der Waals surface area contributed by atoms with Crippen LogP contribution in [-0.4, -0.2) is 12.2 Å². The zero-order valence-electron chi connectivity index (χ0n) is 14.1. The first-order valence-corrected chi connectivity index (χ1v) is 8.31. The van der Waals surface area contributed by atoms with Crippen molar-refractivity contribution in [2.24, 2.45) is 0 Å². The van der Waals surface area contributed by atoms with Gasteiger partial charge in [0.05, 0.1) is 5.60 Å². The quantitative estimate of drug-likeness (QED) is 0.275. The van der Waals surface area contributed by atoms with E-state index in [1.807, 2.05) is 0 Å². The lowest BCUT2D eigenvalue weighted by Crippen LogP contribution is -2.19. The summed E-state index contributed by atoms with van der Waals surface area (Å²) >= 11 is 0. The second-order valence-corrected chi connectivity index (χ2v) is 6.30. The first-order valence-electron chi connectivity index (χ1n) is 8.31. The summed E-state index contributed by atoms with van der Waals surface area (Å²) in [7, 11) is 0. The molecule has 0 saturated carbocycles. The smallest absolute Gasteiger partial charge is 0.0598 e. The molecule has 0 heterocycles. The summed E-state index contributed by atoms with van der Waals surface area (Å²) in [5.41, 5.74) is 0.00324. The maximum Gasteiger partial charge on any atom is 0.0598 e. The van der Waals surface area contributed by atoms with Crippen molar-refractivity contribution in [2.75, 3.05) is 6.61 Å². The Labute approximate surface area is 127 Å². The first kappa shape index (κ1) is 19.3. The lowest BCUT2D eigenvalue weighted by atomic mass is 10.1. The van der Waals surface area contributed by atoms with Crippen LogP contribution in [0.2, 0.25) is 0 Å². The molecule has 0 radical (unpaired) electrons. The molecule has 0 spiro atoms. The largest absolute Gasteiger partial charge is 0.376 e. The van der Waals surface area contributed by atoms with E-state index in [9.17, 15) is 0 Å². The van der Waals surface area contributed by atoms with E-state index in [0.717, 1.165) is 25.9 Å². The Hall–Kier alpha value is -0.740. The zero-order valence-corrected chi connectivity index (χ0v) is 14.1. The highest BCUT2D eigenvalue weighted by atomic mass is 16.5. The predicted octanol–water partition coefficient (Wildman–Crippen LogP) is 5.89. The van der Waals surface area contributed by atoms with Crippen LogP contribution in [0.25, 0.3) is 0 Å². The van der Waals surface area contributed by atoms with Gasteiger partial charge in [-0.05, 0) is 46.5 Å². The Morgan fingerprint density at radius 3 is 2.40 bits per heavy atom. The van der Waals surface area contributed by atoms with Crippen LogP contribution in [-0.2, 0) is 4.74 Å². The Balaban J connectivity index is 3.29. The van der Waals surface area contributed by atoms with Gasteiger partial charge < -0.3 is 4.74 Å². The SMILES string of the molecule is CCCCC/C=C\CC#CCCCCCOC(C)(C)C. The van der Waals surface area contributed by atoms with E-state index in [-0.39, 0.29) is 5.60 Å². The third kappa shape index (κ3) is 17.3. The summed E-state index contributed by atoms with van der Waals surface area (Å²) in [5, 5.41) is 0. The minimum Gasteiger partial charge on any atom is -0.376 e. The fourth-order valence-electron chi connectivity index (χ4n) is 1.80. The summed E-state index contributed by atoms with van der Waals surface area (Å²) in [6, 6.07) is 0. The van der Waals surface area contributed by atoms with E-state index >= 15 is 0 Å². The molecule has 0 aliphatic carbocycles. The van der Waals surface area contributed by atoms with Gasteiger partial charge in [-0.1, -0.05) is 44.3 Å². The van der Waals surface area contributed by atoms with Gasteiger partial charge in [-0.2, -0.15) is 0 Å². The van der Waals surface area contributed by atoms with Gasteiger partial charge in [0.1, 0.15) is 0 Å². The van der Waals surface area contributed by atoms with Crippen molar-refractivity contribution in [3.8, 4) is 11.8 Å². The van der Waals surface area contributed by atoms with Crippen LogP contribution in [0.15, 0.2) is 12.2 Å². The molecule has 0 aromatic carbocycles. The number of ether oxygens (including phenoxy) is 1. The molecule has 0 rings (SSSR count). The van der Waals surface area contributed by atoms with Gasteiger partial charge in [0.25, 0.3) is 0 Å². The van der Waals surface area contributed by atoms with E-state index in [4.69, 9.17) is 4.74 Å². The van der Waals surface area contributed by atoms with Gasteiger partial charge in [-0.15, -0.1) is 5.92 Å². The number of unbranched alkanes of at least 4 members (excludes halogenated alkanes) is 6. The van der Waals surface area contributed by atoms with Crippen molar-refractivity contribution in [1.82, 2.24) is 0 Å². The highest BCUT2D eigenvalue weighted by Gasteiger charge is 2.08. The Kier molecular flexibility index (Phi) is 12.8. The van der Waals surface area contributed by atoms with Crippen molar-refractivity contribution < 1.29 is 4.74 Å². The summed E-state index contributed by atoms with van der Waals surface area (Å²) in [5.74, 6) is 6.48. The molecule has 0 N–H and O–H groups in total. The third-order valence-corrected chi connectivity index (χ3v) is 2.97. The molecule has 0 aliphatic heterocycles. The van der Waals surface area contributed by atoms with Gasteiger partial charge >= 0.3 is 0 Å². The monoisotopic (exact) mass is 278 g/mol. The zero-order chi connectivity index (χ0) is 15.1. The lowest BCUT2D eigenvalue weighted by molar-refractivity contribution is -0.00467. The van der Waals surface area contributed by atoms with E-state index in [0.29, 0.717) is 0 Å². The minimum absolute atomic E-state index is 0.00324. The molecular formula is C19H34O. The van der Waals surface area contributed by atoms with E-state index in [1.54, 1.807) is 0 Å². The van der Waals surface area contributed by atoms with Crippen LogP contribution in [0.3, 0.4) is 0 Å². The van der Waals surface area contributed by atoms with Gasteiger partial charge in [0.2, 0.25) is 0 Å². The predicted molar refractivity (Wildman–Crippen MR) is 89.8 cm³/mol. The standard InChI is InChI=1S/C19H34O/c1-5-6-7-8-9-10-11-12-13-14-15-16-17-18-20-19(2,3)4/h9-10H,5-8,11,14-18H2,1-4H3/b10-9-. The number of allylic oxidation sites excluding steroid dienone is 2. The fourth-order valence-corrected chi connectivity index (χ4v) is 1.80. The van der Waals surface area contributed by atoms with E-state index in [1.165, 1.54) is 38.5 Å². The van der Waals surface area contributed by atoms with Crippen molar-refractivity contribution in [3.05, 3.63) is 12.2 Å². The lowest BCUT2D eigenvalue weighted by Gasteiger charge is -2.19. The Morgan fingerprint density at radius 1 is 0.900 bits per heavy atom. The molecule has 0 unspecified atom stereocenters. The molecule has 0 aromatic heterocycles. The summed E-state index contributed by atoms with van der Waals surface area (Å²) in [4.78, 5) is 0. The normalized spacial score (nSPS) is 11.6. The molecule has 0 bridgehead atoms. The average Bonchev–Trinajstić information content (AvgIpc) is 2.38.